The van der Waals surface area contributed by atoms with E-state index in [0.29, 0.717) is 24.6 Å². The summed E-state index contributed by atoms with van der Waals surface area (Å²) in [7, 11) is 5.72. The van der Waals surface area contributed by atoms with Crippen LogP contribution in [0.5, 0.6) is 0 Å². The number of rotatable bonds is 5. The monoisotopic (exact) mass is 425 g/mol. The van der Waals surface area contributed by atoms with Crippen molar-refractivity contribution in [3.05, 3.63) is 41.9 Å². The summed E-state index contributed by atoms with van der Waals surface area (Å²) in [6.45, 7) is 3.56. The highest BCUT2D eigenvalue weighted by atomic mass is 16.4. The molecule has 2 aromatic rings. The lowest BCUT2D eigenvalue weighted by atomic mass is 10.2. The molecule has 1 unspecified atom stereocenters. The number of likely N-dealkylation sites (N-methyl/N-ethyl adjacent to an activating group) is 1. The molecular formula is C21H27N7O3. The van der Waals surface area contributed by atoms with Crippen molar-refractivity contribution >= 4 is 29.1 Å². The molecule has 2 aliphatic rings. The first kappa shape index (κ1) is 20.9. The summed E-state index contributed by atoms with van der Waals surface area (Å²) >= 11 is 0. The highest BCUT2D eigenvalue weighted by Gasteiger charge is 2.30. The van der Waals surface area contributed by atoms with Crippen LogP contribution >= 0.6 is 0 Å². The van der Waals surface area contributed by atoms with E-state index < -0.39 is 5.97 Å². The molecule has 2 N–H and O–H groups in total. The molecule has 0 spiro atoms. The first-order valence-electron chi connectivity index (χ1n) is 10.2. The van der Waals surface area contributed by atoms with Gasteiger partial charge in [0.2, 0.25) is 0 Å². The topological polar surface area (TPSA) is 105 Å². The predicted octanol–water partition coefficient (Wildman–Crippen LogP) is 0.887. The summed E-state index contributed by atoms with van der Waals surface area (Å²) in [5, 5.41) is 12.7. The largest absolute Gasteiger partial charge is 0.478 e. The quantitative estimate of drug-likeness (QED) is 0.722. The van der Waals surface area contributed by atoms with Gasteiger partial charge in [-0.05, 0) is 18.2 Å². The van der Waals surface area contributed by atoms with Crippen LogP contribution in [-0.4, -0.2) is 96.8 Å². The summed E-state index contributed by atoms with van der Waals surface area (Å²) in [6.07, 6.45) is 1.47. The van der Waals surface area contributed by atoms with Gasteiger partial charge in [0.25, 0.3) is 5.91 Å². The van der Waals surface area contributed by atoms with Crippen molar-refractivity contribution in [3.63, 3.8) is 0 Å². The molecule has 1 aromatic heterocycles. The lowest BCUT2D eigenvalue weighted by Gasteiger charge is -2.37. The Bertz CT molecular complexity index is 989. The normalized spacial score (nSPS) is 18.5. The molecule has 10 nitrogen and oxygen atoms in total. The van der Waals surface area contributed by atoms with E-state index in [2.05, 4.69) is 25.1 Å². The highest BCUT2D eigenvalue weighted by Crippen LogP contribution is 2.34. The molecule has 2 aliphatic heterocycles. The van der Waals surface area contributed by atoms with Gasteiger partial charge in [-0.2, -0.15) is 0 Å². The van der Waals surface area contributed by atoms with Crippen LogP contribution in [0, 0.1) is 0 Å². The zero-order chi connectivity index (χ0) is 22.1. The van der Waals surface area contributed by atoms with Gasteiger partial charge in [-0.1, -0.05) is 0 Å². The Labute approximate surface area is 181 Å². The Morgan fingerprint density at radius 3 is 2.58 bits per heavy atom. The zero-order valence-corrected chi connectivity index (χ0v) is 17.9. The molecule has 10 heteroatoms. The number of nitrogens with one attached hydrogen (secondary N) is 1. The molecule has 0 bridgehead atoms. The van der Waals surface area contributed by atoms with E-state index in [-0.39, 0.29) is 17.6 Å². The van der Waals surface area contributed by atoms with Crippen molar-refractivity contribution in [3.8, 4) is 0 Å². The Morgan fingerprint density at radius 1 is 1.16 bits per heavy atom. The summed E-state index contributed by atoms with van der Waals surface area (Å²) in [6, 6.07) is 6.85. The number of carboxylic acids is 1. The van der Waals surface area contributed by atoms with Crippen LogP contribution in [0.1, 0.15) is 20.8 Å². The molecule has 1 fully saturated rings. The van der Waals surface area contributed by atoms with Crippen molar-refractivity contribution in [1.82, 2.24) is 19.8 Å². The van der Waals surface area contributed by atoms with Crippen molar-refractivity contribution < 1.29 is 14.7 Å². The predicted molar refractivity (Wildman–Crippen MR) is 118 cm³/mol. The molecule has 1 atom stereocenters. The molecule has 164 valence electrons. The number of benzene rings is 1. The molecule has 0 saturated carbocycles. The Hall–Kier alpha value is -3.40. The Kier molecular flexibility index (Phi) is 5.64. The third kappa shape index (κ3) is 4.24. The number of aromatic carboxylic acids is 1. The third-order valence-corrected chi connectivity index (χ3v) is 5.83. The first-order valence-corrected chi connectivity index (χ1v) is 10.2. The maximum Gasteiger partial charge on any atom is 0.335 e. The van der Waals surface area contributed by atoms with Crippen molar-refractivity contribution in [2.75, 3.05) is 69.0 Å². The van der Waals surface area contributed by atoms with Crippen LogP contribution in [0.15, 0.2) is 30.6 Å². The van der Waals surface area contributed by atoms with Crippen LogP contribution in [-0.2, 0) is 0 Å². The SMILES string of the molecule is CN(C)c1cc(C(=O)N2CCN(CC3Nc4ccc(C(=O)O)cc4N3C)CC2)ncn1. The third-order valence-electron chi connectivity index (χ3n) is 5.83. The van der Waals surface area contributed by atoms with Gasteiger partial charge < -0.3 is 25.1 Å². The Balaban J connectivity index is 1.34. The number of hydrogen-bond donors (Lipinski definition) is 2. The average molecular weight is 425 g/mol. The maximum atomic E-state index is 12.8. The molecule has 0 radical (unpaired) electrons. The number of amides is 1. The van der Waals surface area contributed by atoms with E-state index in [1.54, 1.807) is 18.2 Å². The summed E-state index contributed by atoms with van der Waals surface area (Å²) in [5.74, 6) is -0.297. The van der Waals surface area contributed by atoms with Crippen LogP contribution in [0.25, 0.3) is 0 Å². The van der Waals surface area contributed by atoms with Gasteiger partial charge in [-0.25, -0.2) is 14.8 Å². The standard InChI is InChI=1S/C21H27N7O3/c1-25(2)18-11-16(22-13-23-18)20(29)28-8-6-27(7-9-28)12-19-24-15-5-4-14(21(30)31)10-17(15)26(19)3/h4-5,10-11,13,19,24H,6-9,12H2,1-3H3,(H,30,31). The molecule has 0 aliphatic carbocycles. The van der Waals surface area contributed by atoms with E-state index in [9.17, 15) is 14.7 Å². The number of carboxylic acid groups (broad SMARTS) is 1. The van der Waals surface area contributed by atoms with Crippen molar-refractivity contribution in [2.24, 2.45) is 0 Å². The minimum absolute atomic E-state index is 0.0470. The maximum absolute atomic E-state index is 12.8. The fraction of sp³-hybridized carbons (Fsp3) is 0.429. The van der Waals surface area contributed by atoms with Crippen LogP contribution in [0.4, 0.5) is 17.2 Å². The first-order chi connectivity index (χ1) is 14.8. The van der Waals surface area contributed by atoms with Gasteiger partial charge in [0.15, 0.2) is 0 Å². The number of hydrogen-bond acceptors (Lipinski definition) is 8. The lowest BCUT2D eigenvalue weighted by molar-refractivity contribution is 0.0626. The molecule has 31 heavy (non-hydrogen) atoms. The number of carbonyl (C=O) groups is 2. The summed E-state index contributed by atoms with van der Waals surface area (Å²) in [5.41, 5.74) is 2.52. The van der Waals surface area contributed by atoms with E-state index in [0.717, 1.165) is 31.0 Å². The average Bonchev–Trinajstić information content (AvgIpc) is 3.08. The number of carbonyl (C=O) groups excluding carboxylic acids is 1. The van der Waals surface area contributed by atoms with Crippen molar-refractivity contribution in [2.45, 2.75) is 6.17 Å². The van der Waals surface area contributed by atoms with Crippen molar-refractivity contribution in [1.29, 1.82) is 0 Å². The number of aromatic nitrogens is 2. The van der Waals surface area contributed by atoms with E-state index >= 15 is 0 Å². The molecule has 4 rings (SSSR count). The summed E-state index contributed by atoms with van der Waals surface area (Å²) < 4.78 is 0. The number of piperazine rings is 1. The van der Waals surface area contributed by atoms with Gasteiger partial charge in [0.1, 0.15) is 24.0 Å². The fourth-order valence-electron chi connectivity index (χ4n) is 3.94. The summed E-state index contributed by atoms with van der Waals surface area (Å²) in [4.78, 5) is 40.5. The second kappa shape index (κ2) is 8.38. The number of anilines is 3. The van der Waals surface area contributed by atoms with Gasteiger partial charge in [-0.3, -0.25) is 9.69 Å². The molecule has 1 amide bonds. The van der Waals surface area contributed by atoms with Gasteiger partial charge in [0, 0.05) is 59.9 Å². The van der Waals surface area contributed by atoms with Crippen LogP contribution < -0.4 is 15.1 Å². The van der Waals surface area contributed by atoms with E-state index in [1.807, 2.05) is 37.0 Å². The van der Waals surface area contributed by atoms with Gasteiger partial charge in [0.05, 0.1) is 16.9 Å². The fourth-order valence-corrected chi connectivity index (χ4v) is 3.94. The number of fused-ring (bicyclic) bond motifs is 1. The second-order valence-corrected chi connectivity index (χ2v) is 8.06. The van der Waals surface area contributed by atoms with Gasteiger partial charge >= 0.3 is 5.97 Å². The minimum Gasteiger partial charge on any atom is -0.478 e. The van der Waals surface area contributed by atoms with Crippen LogP contribution in [0.2, 0.25) is 0 Å². The minimum atomic E-state index is -0.929. The number of nitrogens with zero attached hydrogens (tertiary/aromatic N) is 6. The Morgan fingerprint density at radius 2 is 1.90 bits per heavy atom. The van der Waals surface area contributed by atoms with E-state index in [1.165, 1.54) is 6.33 Å². The molecule has 1 aromatic carbocycles. The lowest BCUT2D eigenvalue weighted by Crippen LogP contribution is -2.53. The second-order valence-electron chi connectivity index (χ2n) is 8.06. The molecule has 1 saturated heterocycles. The van der Waals surface area contributed by atoms with Gasteiger partial charge in [-0.15, -0.1) is 0 Å². The highest BCUT2D eigenvalue weighted by molar-refractivity contribution is 5.93. The molecular weight excluding hydrogens is 398 g/mol. The van der Waals surface area contributed by atoms with Crippen LogP contribution in [0.3, 0.4) is 0 Å². The molecule has 3 heterocycles. The zero-order valence-electron chi connectivity index (χ0n) is 17.9. The smallest absolute Gasteiger partial charge is 0.335 e. The van der Waals surface area contributed by atoms with E-state index in [4.69, 9.17) is 0 Å².